The van der Waals surface area contributed by atoms with Crippen LogP contribution in [-0.2, 0) is 4.79 Å². The van der Waals surface area contributed by atoms with E-state index in [9.17, 15) is 4.79 Å². The van der Waals surface area contributed by atoms with E-state index in [0.717, 1.165) is 45.6 Å². The molecule has 0 atom stereocenters. The van der Waals surface area contributed by atoms with Crippen molar-refractivity contribution >= 4 is 35.8 Å². The van der Waals surface area contributed by atoms with Gasteiger partial charge in [0.1, 0.15) is 0 Å². The average Bonchev–Trinajstić information content (AvgIpc) is 2.35. The number of rotatable bonds is 4. The summed E-state index contributed by atoms with van der Waals surface area (Å²) in [6.07, 6.45) is 3.40. The number of aliphatic imine (C=N–C) groups is 1. The van der Waals surface area contributed by atoms with Crippen molar-refractivity contribution in [1.29, 1.82) is 0 Å². The molecule has 3 N–H and O–H groups in total. The number of nitrogens with one attached hydrogen (secondary N) is 1. The summed E-state index contributed by atoms with van der Waals surface area (Å²) in [6, 6.07) is 0. The molecule has 2 aliphatic rings. The van der Waals surface area contributed by atoms with Crippen LogP contribution in [0.25, 0.3) is 0 Å². The molecule has 0 bridgehead atoms. The third-order valence-electron chi connectivity index (χ3n) is 4.34. The predicted octanol–water partition coefficient (Wildman–Crippen LogP) is 1.25. The molecular formula is C16H32IN5O. The van der Waals surface area contributed by atoms with Gasteiger partial charge in [0.15, 0.2) is 5.96 Å². The lowest BCUT2D eigenvalue weighted by Gasteiger charge is -2.38. The first-order chi connectivity index (χ1) is 10.3. The van der Waals surface area contributed by atoms with Gasteiger partial charge in [-0.2, -0.15) is 0 Å². The molecule has 0 spiro atoms. The third-order valence-corrected chi connectivity index (χ3v) is 4.34. The van der Waals surface area contributed by atoms with Crippen LogP contribution < -0.4 is 11.1 Å². The van der Waals surface area contributed by atoms with Crippen LogP contribution in [0.5, 0.6) is 0 Å². The van der Waals surface area contributed by atoms with E-state index >= 15 is 0 Å². The van der Waals surface area contributed by atoms with Crippen LogP contribution in [0.4, 0.5) is 0 Å². The molecule has 0 aromatic heterocycles. The molecule has 1 heterocycles. The van der Waals surface area contributed by atoms with E-state index in [1.54, 1.807) is 0 Å². The number of amides is 1. The van der Waals surface area contributed by atoms with E-state index < -0.39 is 0 Å². The highest BCUT2D eigenvalue weighted by Crippen LogP contribution is 2.28. The van der Waals surface area contributed by atoms with Crippen molar-refractivity contribution in [3.63, 3.8) is 0 Å². The van der Waals surface area contributed by atoms with Crippen LogP contribution in [-0.4, -0.2) is 66.5 Å². The van der Waals surface area contributed by atoms with Gasteiger partial charge in [0, 0.05) is 44.2 Å². The number of hydrogen-bond acceptors (Lipinski definition) is 3. The molecule has 7 heteroatoms. The largest absolute Gasteiger partial charge is 0.370 e. The average molecular weight is 437 g/mol. The second-order valence-corrected chi connectivity index (χ2v) is 7.44. The highest BCUT2D eigenvalue weighted by molar-refractivity contribution is 14.0. The summed E-state index contributed by atoms with van der Waals surface area (Å²) in [5.41, 5.74) is 5.81. The summed E-state index contributed by atoms with van der Waals surface area (Å²) in [5, 5.41) is 3.16. The molecule has 0 radical (unpaired) electrons. The smallest absolute Gasteiger partial charge is 0.225 e. The molecular weight excluding hydrogens is 405 g/mol. The van der Waals surface area contributed by atoms with Gasteiger partial charge in [-0.15, -0.1) is 24.0 Å². The Bertz CT molecular complexity index is 409. The minimum atomic E-state index is -0.0545. The fraction of sp³-hybridized carbons (Fsp3) is 0.875. The Labute approximate surface area is 157 Å². The van der Waals surface area contributed by atoms with Gasteiger partial charge in [0.05, 0.1) is 6.54 Å². The number of carbonyl (C=O) groups is 1. The topological polar surface area (TPSA) is 74.0 Å². The first kappa shape index (κ1) is 20.5. The lowest BCUT2D eigenvalue weighted by atomic mass is 9.84. The lowest BCUT2D eigenvalue weighted by molar-refractivity contribution is -0.139. The summed E-state index contributed by atoms with van der Waals surface area (Å²) in [6.45, 7) is 11.4. The molecule has 1 saturated heterocycles. The maximum atomic E-state index is 12.2. The molecule has 0 unspecified atom stereocenters. The zero-order chi connectivity index (χ0) is 16.2. The second kappa shape index (κ2) is 9.05. The van der Waals surface area contributed by atoms with Crippen LogP contribution >= 0.6 is 24.0 Å². The Balaban J connectivity index is 0.00000264. The number of nitrogens with two attached hydrogens (primary N) is 1. The Hall–Kier alpha value is -0.570. The van der Waals surface area contributed by atoms with E-state index in [1.165, 1.54) is 6.42 Å². The van der Waals surface area contributed by atoms with Crippen LogP contribution in [0.2, 0.25) is 0 Å². The van der Waals surface area contributed by atoms with Gasteiger partial charge < -0.3 is 16.0 Å². The number of guanidine groups is 1. The summed E-state index contributed by atoms with van der Waals surface area (Å²) >= 11 is 0. The number of piperazine rings is 1. The van der Waals surface area contributed by atoms with Crippen LogP contribution in [0.15, 0.2) is 4.99 Å². The lowest BCUT2D eigenvalue weighted by Crippen LogP contribution is -2.51. The predicted molar refractivity (Wildman–Crippen MR) is 105 cm³/mol. The molecule has 2 rings (SSSR count). The van der Waals surface area contributed by atoms with Crippen molar-refractivity contribution < 1.29 is 4.79 Å². The fourth-order valence-corrected chi connectivity index (χ4v) is 2.84. The van der Waals surface area contributed by atoms with Crippen LogP contribution in [0, 0.1) is 5.92 Å². The van der Waals surface area contributed by atoms with Gasteiger partial charge in [-0.25, -0.2) is 0 Å². The first-order valence-corrected chi connectivity index (χ1v) is 8.44. The Kier molecular flexibility index (Phi) is 8.06. The Morgan fingerprint density at radius 2 is 1.83 bits per heavy atom. The minimum Gasteiger partial charge on any atom is -0.370 e. The zero-order valence-electron chi connectivity index (χ0n) is 14.7. The fourth-order valence-electron chi connectivity index (χ4n) is 2.84. The minimum absolute atomic E-state index is 0. The summed E-state index contributed by atoms with van der Waals surface area (Å²) in [5.74, 6) is 1.20. The van der Waals surface area contributed by atoms with E-state index in [2.05, 4.69) is 36.0 Å². The molecule has 1 saturated carbocycles. The maximum absolute atomic E-state index is 12.2. The van der Waals surface area contributed by atoms with Crippen molar-refractivity contribution in [2.75, 3.05) is 39.3 Å². The summed E-state index contributed by atoms with van der Waals surface area (Å²) in [7, 11) is 0. The molecule has 6 nitrogen and oxygen atoms in total. The van der Waals surface area contributed by atoms with E-state index in [1.807, 2.05) is 4.90 Å². The summed E-state index contributed by atoms with van der Waals surface area (Å²) < 4.78 is 0. The van der Waals surface area contributed by atoms with Crippen LogP contribution in [0.3, 0.4) is 0 Å². The molecule has 0 aromatic carbocycles. The summed E-state index contributed by atoms with van der Waals surface area (Å²) in [4.78, 5) is 21.0. The molecule has 23 heavy (non-hydrogen) atoms. The SMILES string of the molecule is CC(C)(C)NC(N)=NCCN1CCN(C(=O)C2CCC2)CC1.I. The molecule has 1 aliphatic heterocycles. The highest BCUT2D eigenvalue weighted by Gasteiger charge is 2.30. The maximum Gasteiger partial charge on any atom is 0.225 e. The number of hydrogen-bond donors (Lipinski definition) is 2. The number of nitrogens with zero attached hydrogens (tertiary/aromatic N) is 3. The standard InChI is InChI=1S/C16H31N5O.HI/c1-16(2,3)19-15(17)18-7-8-20-9-11-21(12-10-20)14(22)13-5-4-6-13;/h13H,4-12H2,1-3H3,(H3,17,18,19);1H. The highest BCUT2D eigenvalue weighted by atomic mass is 127. The van der Waals surface area contributed by atoms with Crippen molar-refractivity contribution in [3.8, 4) is 0 Å². The molecule has 1 amide bonds. The van der Waals surface area contributed by atoms with Crippen LogP contribution in [0.1, 0.15) is 40.0 Å². The molecule has 2 fully saturated rings. The van der Waals surface area contributed by atoms with Gasteiger partial charge in [0.2, 0.25) is 5.91 Å². The van der Waals surface area contributed by atoms with Crippen molar-refractivity contribution in [2.45, 2.75) is 45.6 Å². The van der Waals surface area contributed by atoms with Crippen molar-refractivity contribution in [1.82, 2.24) is 15.1 Å². The van der Waals surface area contributed by atoms with Crippen molar-refractivity contribution in [2.24, 2.45) is 16.6 Å². The van der Waals surface area contributed by atoms with E-state index in [4.69, 9.17) is 5.73 Å². The van der Waals surface area contributed by atoms with Gasteiger partial charge in [-0.1, -0.05) is 6.42 Å². The third kappa shape index (κ3) is 6.82. The second-order valence-electron chi connectivity index (χ2n) is 7.44. The number of carbonyl (C=O) groups excluding carboxylic acids is 1. The van der Waals surface area contributed by atoms with Crippen molar-refractivity contribution in [3.05, 3.63) is 0 Å². The monoisotopic (exact) mass is 437 g/mol. The molecule has 0 aromatic rings. The normalized spacial score (nSPS) is 20.7. The van der Waals surface area contributed by atoms with Gasteiger partial charge >= 0.3 is 0 Å². The molecule has 134 valence electrons. The first-order valence-electron chi connectivity index (χ1n) is 8.44. The number of halogens is 1. The quantitative estimate of drug-likeness (QED) is 0.395. The van der Waals surface area contributed by atoms with E-state index in [-0.39, 0.29) is 29.5 Å². The molecule has 1 aliphatic carbocycles. The van der Waals surface area contributed by atoms with Gasteiger partial charge in [-0.05, 0) is 33.6 Å². The zero-order valence-corrected chi connectivity index (χ0v) is 17.0. The van der Waals surface area contributed by atoms with Gasteiger partial charge in [-0.3, -0.25) is 14.7 Å². The Morgan fingerprint density at radius 1 is 1.22 bits per heavy atom. The Morgan fingerprint density at radius 3 is 2.30 bits per heavy atom. The van der Waals surface area contributed by atoms with E-state index in [0.29, 0.717) is 24.3 Å². The van der Waals surface area contributed by atoms with Gasteiger partial charge in [0.25, 0.3) is 0 Å².